The van der Waals surface area contributed by atoms with Crippen LogP contribution in [0.4, 0.5) is 0 Å². The van der Waals surface area contributed by atoms with Gasteiger partial charge in [-0.25, -0.2) is 0 Å². The Hall–Kier alpha value is -0.453. The number of Topliss-reactive ketones (excluding diaryl/α,β-unsaturated/α-hetero) is 1. The highest BCUT2D eigenvalue weighted by Crippen LogP contribution is 2.56. The average molecular weight is 381 g/mol. The van der Waals surface area contributed by atoms with Crippen molar-refractivity contribution in [3.05, 3.63) is 12.2 Å². The summed E-state index contributed by atoms with van der Waals surface area (Å²) >= 11 is 0. The monoisotopic (exact) mass is 380 g/mol. The number of fused-ring (bicyclic) bond motifs is 1. The Morgan fingerprint density at radius 1 is 1.31 bits per heavy atom. The molecule has 0 aromatic rings. The summed E-state index contributed by atoms with van der Waals surface area (Å²) in [6.45, 7) is 16.8. The van der Waals surface area contributed by atoms with E-state index in [0.29, 0.717) is 36.8 Å². The Morgan fingerprint density at radius 3 is 2.65 bits per heavy atom. The first kappa shape index (κ1) is 21.8. The molecule has 0 radical (unpaired) electrons. The highest BCUT2D eigenvalue weighted by atomic mass is 28.4. The molecule has 0 aliphatic heterocycles. The molecule has 150 valence electrons. The Morgan fingerprint density at radius 2 is 2.00 bits per heavy atom. The molecule has 2 rings (SSSR count). The van der Waals surface area contributed by atoms with Crippen LogP contribution in [0.15, 0.2) is 12.2 Å². The molecule has 2 aliphatic rings. The maximum atomic E-state index is 12.3. The summed E-state index contributed by atoms with van der Waals surface area (Å²) in [6.07, 6.45) is 9.85. The van der Waals surface area contributed by atoms with Crippen molar-refractivity contribution < 1.29 is 14.0 Å². The second-order valence-corrected chi connectivity index (χ2v) is 14.8. The molecular weight excluding hydrogens is 340 g/mol. The van der Waals surface area contributed by atoms with E-state index in [1.165, 1.54) is 12.8 Å². The van der Waals surface area contributed by atoms with E-state index in [1.54, 1.807) is 0 Å². The van der Waals surface area contributed by atoms with Gasteiger partial charge in [0.1, 0.15) is 5.78 Å². The summed E-state index contributed by atoms with van der Waals surface area (Å²) in [7, 11) is -1.55. The van der Waals surface area contributed by atoms with Crippen LogP contribution in [0.1, 0.15) is 59.8 Å². The summed E-state index contributed by atoms with van der Waals surface area (Å²) in [5.41, 5.74) is -0.00828. The predicted molar refractivity (Wildman–Crippen MR) is 111 cm³/mol. The third kappa shape index (κ3) is 5.52. The molecule has 0 N–H and O–H groups in total. The summed E-state index contributed by atoms with van der Waals surface area (Å²) in [5, 5.41) is 0. The number of carbonyl (C=O) groups excluding carboxylic acids is 1. The molecule has 2 fully saturated rings. The quantitative estimate of drug-likeness (QED) is 0.312. The van der Waals surface area contributed by atoms with Crippen LogP contribution in [0.2, 0.25) is 19.6 Å². The van der Waals surface area contributed by atoms with Gasteiger partial charge >= 0.3 is 0 Å². The number of hydrogen-bond donors (Lipinski definition) is 0. The summed E-state index contributed by atoms with van der Waals surface area (Å²) in [5.74, 6) is 1.96. The molecule has 0 aromatic heterocycles. The van der Waals surface area contributed by atoms with Crippen LogP contribution in [0.5, 0.6) is 0 Å². The molecule has 0 aromatic carbocycles. The van der Waals surface area contributed by atoms with E-state index in [0.717, 1.165) is 19.3 Å². The van der Waals surface area contributed by atoms with Gasteiger partial charge in [-0.1, -0.05) is 26.0 Å². The van der Waals surface area contributed by atoms with E-state index in [4.69, 9.17) is 9.16 Å². The third-order valence-electron chi connectivity index (χ3n) is 6.26. The molecule has 0 amide bonds. The molecule has 0 heterocycles. The van der Waals surface area contributed by atoms with Crippen molar-refractivity contribution in [1.29, 1.82) is 0 Å². The fourth-order valence-corrected chi connectivity index (χ4v) is 7.19. The van der Waals surface area contributed by atoms with Crippen molar-refractivity contribution in [1.82, 2.24) is 0 Å². The van der Waals surface area contributed by atoms with Crippen LogP contribution in [0, 0.1) is 23.2 Å². The van der Waals surface area contributed by atoms with Crippen LogP contribution in [-0.2, 0) is 14.0 Å². The molecule has 0 spiro atoms. The minimum atomic E-state index is -1.55. The van der Waals surface area contributed by atoms with E-state index < -0.39 is 8.32 Å². The maximum Gasteiger partial charge on any atom is 0.184 e. The van der Waals surface area contributed by atoms with E-state index in [-0.39, 0.29) is 11.0 Å². The first-order chi connectivity index (χ1) is 11.9. The fourth-order valence-electron chi connectivity index (χ4n) is 5.47. The topological polar surface area (TPSA) is 35.5 Å². The van der Waals surface area contributed by atoms with Crippen LogP contribution < -0.4 is 0 Å². The highest BCUT2D eigenvalue weighted by molar-refractivity contribution is 6.69. The summed E-state index contributed by atoms with van der Waals surface area (Å²) in [4.78, 5) is 12.3. The zero-order valence-corrected chi connectivity index (χ0v) is 19.1. The molecule has 3 nitrogen and oxygen atoms in total. The van der Waals surface area contributed by atoms with Crippen LogP contribution in [0.3, 0.4) is 0 Å². The molecule has 26 heavy (non-hydrogen) atoms. The molecule has 4 atom stereocenters. The SMILES string of the molecule is CC(C=CCOCC(C)(C)O[Si](C)(C)C)[C@H]1CC[C@@H]2C(=O)CCC[C@]21C. The van der Waals surface area contributed by atoms with Crippen molar-refractivity contribution in [3.8, 4) is 0 Å². The average Bonchev–Trinajstić information content (AvgIpc) is 2.82. The number of hydrogen-bond acceptors (Lipinski definition) is 3. The number of ether oxygens (including phenoxy) is 1. The van der Waals surface area contributed by atoms with Crippen molar-refractivity contribution in [3.63, 3.8) is 0 Å². The van der Waals surface area contributed by atoms with Crippen LogP contribution >= 0.6 is 0 Å². The molecular formula is C22H40O3Si. The van der Waals surface area contributed by atoms with Gasteiger partial charge in [0.15, 0.2) is 8.32 Å². The van der Waals surface area contributed by atoms with Crippen LogP contribution in [0.25, 0.3) is 0 Å². The minimum absolute atomic E-state index is 0.215. The smallest absolute Gasteiger partial charge is 0.184 e. The maximum absolute atomic E-state index is 12.3. The normalized spacial score (nSPS) is 31.4. The van der Waals surface area contributed by atoms with Gasteiger partial charge in [0.2, 0.25) is 0 Å². The van der Waals surface area contributed by atoms with Gasteiger partial charge in [0.05, 0.1) is 18.8 Å². The van der Waals surface area contributed by atoms with Crippen molar-refractivity contribution in [2.45, 2.75) is 85.0 Å². The molecule has 4 heteroatoms. The second-order valence-electron chi connectivity index (χ2n) is 10.3. The van der Waals surface area contributed by atoms with Crippen molar-refractivity contribution in [2.75, 3.05) is 13.2 Å². The van der Waals surface area contributed by atoms with Crippen LogP contribution in [-0.4, -0.2) is 32.9 Å². The molecule has 0 bridgehead atoms. The molecule has 2 aliphatic carbocycles. The lowest BCUT2D eigenvalue weighted by Gasteiger charge is -2.41. The van der Waals surface area contributed by atoms with Crippen molar-refractivity contribution >= 4 is 14.1 Å². The van der Waals surface area contributed by atoms with Gasteiger partial charge < -0.3 is 9.16 Å². The lowest BCUT2D eigenvalue weighted by atomic mass is 9.62. The Balaban J connectivity index is 1.81. The van der Waals surface area contributed by atoms with E-state index in [1.807, 2.05) is 0 Å². The van der Waals surface area contributed by atoms with Gasteiger partial charge in [-0.05, 0) is 76.4 Å². The highest BCUT2D eigenvalue weighted by Gasteiger charge is 2.51. The van der Waals surface area contributed by atoms with Gasteiger partial charge in [-0.15, -0.1) is 0 Å². The first-order valence-electron chi connectivity index (χ1n) is 10.4. The Kier molecular flexibility index (Phi) is 6.95. The first-order valence-corrected chi connectivity index (χ1v) is 13.8. The third-order valence-corrected chi connectivity index (χ3v) is 7.42. The standard InChI is InChI=1S/C22H40O3Si/c1-17(10-9-15-24-16-21(2,3)25-26(5,6)7)18-12-13-19-20(23)11-8-14-22(18,19)4/h9-10,17-19H,8,11-16H2,1-7H3/t17?,18-,19-,22+/m1/s1. The zero-order valence-electron chi connectivity index (χ0n) is 18.1. The fraction of sp³-hybridized carbons (Fsp3) is 0.864. The van der Waals surface area contributed by atoms with E-state index in [9.17, 15) is 4.79 Å². The molecule has 2 saturated carbocycles. The zero-order chi connectivity index (χ0) is 19.6. The number of allylic oxidation sites excluding steroid dienone is 1. The Labute approximate surface area is 162 Å². The van der Waals surface area contributed by atoms with Gasteiger partial charge in [-0.2, -0.15) is 0 Å². The van der Waals surface area contributed by atoms with Gasteiger partial charge in [0, 0.05) is 12.3 Å². The lowest BCUT2D eigenvalue weighted by Crippen LogP contribution is -2.41. The molecule has 1 unspecified atom stereocenters. The lowest BCUT2D eigenvalue weighted by molar-refractivity contribution is -0.129. The molecule has 0 saturated heterocycles. The number of rotatable bonds is 8. The minimum Gasteiger partial charge on any atom is -0.410 e. The van der Waals surface area contributed by atoms with Crippen molar-refractivity contribution in [2.24, 2.45) is 23.2 Å². The number of carbonyl (C=O) groups is 1. The summed E-state index contributed by atoms with van der Waals surface area (Å²) in [6, 6.07) is 0. The largest absolute Gasteiger partial charge is 0.410 e. The summed E-state index contributed by atoms with van der Waals surface area (Å²) < 4.78 is 12.0. The van der Waals surface area contributed by atoms with E-state index >= 15 is 0 Å². The Bertz CT molecular complexity index is 520. The van der Waals surface area contributed by atoms with Gasteiger partial charge in [-0.3, -0.25) is 4.79 Å². The predicted octanol–water partition coefficient (Wildman–Crippen LogP) is 5.61. The second kappa shape index (κ2) is 8.28. The van der Waals surface area contributed by atoms with Gasteiger partial charge in [0.25, 0.3) is 0 Å². The number of ketones is 1. The van der Waals surface area contributed by atoms with E-state index in [2.05, 4.69) is 59.5 Å².